The monoisotopic (exact) mass is 424 g/mol. The van der Waals surface area contributed by atoms with E-state index in [1.165, 1.54) is 43.0 Å². The number of hydrogen-bond donors (Lipinski definition) is 3. The van der Waals surface area contributed by atoms with Crippen molar-refractivity contribution in [2.75, 3.05) is 6.61 Å². The summed E-state index contributed by atoms with van der Waals surface area (Å²) in [6, 6.07) is 9.88. The average Bonchev–Trinajstić information content (AvgIpc) is 3.29. The summed E-state index contributed by atoms with van der Waals surface area (Å²) in [4.78, 5) is 11.0. The minimum Gasteiger partial charge on any atom is -0.507 e. The zero-order valence-corrected chi connectivity index (χ0v) is 18.0. The lowest BCUT2D eigenvalue weighted by Crippen LogP contribution is -2.54. The van der Waals surface area contributed by atoms with Crippen LogP contribution in [0.3, 0.4) is 0 Å². The van der Waals surface area contributed by atoms with E-state index in [0.29, 0.717) is 11.7 Å². The van der Waals surface area contributed by atoms with Crippen molar-refractivity contribution >= 4 is 5.97 Å². The van der Waals surface area contributed by atoms with Crippen LogP contribution in [0.1, 0.15) is 67.6 Å². The summed E-state index contributed by atoms with van der Waals surface area (Å²) in [7, 11) is 0. The molecule has 5 atom stereocenters. The third-order valence-corrected chi connectivity index (χ3v) is 8.58. The van der Waals surface area contributed by atoms with Crippen molar-refractivity contribution in [2.24, 2.45) is 11.3 Å². The molecular formula is C25H28O6. The number of benzene rings is 2. The number of aliphatic hydroxyl groups excluding tert-OH is 1. The molecule has 2 aromatic rings. The summed E-state index contributed by atoms with van der Waals surface area (Å²) in [5.41, 5.74) is 1.59. The van der Waals surface area contributed by atoms with Crippen LogP contribution in [0.5, 0.6) is 17.2 Å². The molecule has 5 rings (SSSR count). The highest BCUT2D eigenvalue weighted by atomic mass is 16.5. The number of phenols is 1. The molecule has 1 aliphatic heterocycles. The van der Waals surface area contributed by atoms with E-state index in [-0.39, 0.29) is 34.4 Å². The topological polar surface area (TPSA) is 96.2 Å². The summed E-state index contributed by atoms with van der Waals surface area (Å²) in [6.45, 7) is 6.92. The Hall–Kier alpha value is -2.73. The van der Waals surface area contributed by atoms with Crippen molar-refractivity contribution in [3.05, 3.63) is 53.1 Å². The SMILES string of the molecule is CC12CCC(C1)C1(C)Oc3ccc(C(O)COc4ccc(C(=O)O)c(O)c4)cc3C21C. The summed E-state index contributed by atoms with van der Waals surface area (Å²) >= 11 is 0. The van der Waals surface area contributed by atoms with E-state index in [9.17, 15) is 15.0 Å². The van der Waals surface area contributed by atoms with E-state index in [1.54, 1.807) is 0 Å². The van der Waals surface area contributed by atoms with E-state index in [2.05, 4.69) is 26.8 Å². The maximum Gasteiger partial charge on any atom is 0.339 e. The van der Waals surface area contributed by atoms with Crippen molar-refractivity contribution in [3.63, 3.8) is 0 Å². The van der Waals surface area contributed by atoms with Crippen LogP contribution in [0.25, 0.3) is 0 Å². The third-order valence-electron chi connectivity index (χ3n) is 8.58. The van der Waals surface area contributed by atoms with Gasteiger partial charge in [0.1, 0.15) is 41.1 Å². The van der Waals surface area contributed by atoms with Crippen LogP contribution in [0.4, 0.5) is 0 Å². The average molecular weight is 424 g/mol. The van der Waals surface area contributed by atoms with Gasteiger partial charge in [-0.3, -0.25) is 0 Å². The first-order valence-corrected chi connectivity index (χ1v) is 10.8. The molecule has 2 saturated carbocycles. The fraction of sp³-hybridized carbons (Fsp3) is 0.480. The van der Waals surface area contributed by atoms with Crippen molar-refractivity contribution in [2.45, 2.75) is 57.2 Å². The minimum absolute atomic E-state index is 0.0145. The van der Waals surface area contributed by atoms with Gasteiger partial charge in [-0.1, -0.05) is 19.9 Å². The van der Waals surface area contributed by atoms with E-state index in [0.717, 1.165) is 11.3 Å². The Morgan fingerprint density at radius 3 is 2.71 bits per heavy atom. The molecule has 2 fully saturated rings. The number of aliphatic hydroxyl groups is 1. The van der Waals surface area contributed by atoms with Crippen molar-refractivity contribution in [1.29, 1.82) is 0 Å². The van der Waals surface area contributed by atoms with Gasteiger partial charge < -0.3 is 24.8 Å². The largest absolute Gasteiger partial charge is 0.507 e. The highest BCUT2D eigenvalue weighted by Gasteiger charge is 2.73. The van der Waals surface area contributed by atoms with Gasteiger partial charge in [0.15, 0.2) is 0 Å². The molecule has 2 aromatic carbocycles. The number of carboxylic acids is 1. The summed E-state index contributed by atoms with van der Waals surface area (Å²) < 4.78 is 12.2. The Balaban J connectivity index is 1.38. The summed E-state index contributed by atoms with van der Waals surface area (Å²) in [5.74, 6) is 0.179. The van der Waals surface area contributed by atoms with Gasteiger partial charge in [-0.2, -0.15) is 0 Å². The molecule has 0 spiro atoms. The normalized spacial score (nSPS) is 33.5. The zero-order valence-electron chi connectivity index (χ0n) is 18.0. The molecule has 31 heavy (non-hydrogen) atoms. The van der Waals surface area contributed by atoms with E-state index in [4.69, 9.17) is 14.6 Å². The molecule has 2 bridgehead atoms. The highest BCUT2D eigenvalue weighted by molar-refractivity contribution is 5.90. The first-order valence-electron chi connectivity index (χ1n) is 10.8. The van der Waals surface area contributed by atoms with E-state index >= 15 is 0 Å². The maximum absolute atomic E-state index is 11.0. The van der Waals surface area contributed by atoms with Crippen LogP contribution in [0.2, 0.25) is 0 Å². The Morgan fingerprint density at radius 1 is 1.23 bits per heavy atom. The van der Waals surface area contributed by atoms with Gasteiger partial charge in [0.05, 0.1) is 0 Å². The number of ether oxygens (including phenoxy) is 2. The summed E-state index contributed by atoms with van der Waals surface area (Å²) in [5, 5.41) is 29.6. The van der Waals surface area contributed by atoms with Crippen LogP contribution >= 0.6 is 0 Å². The maximum atomic E-state index is 11.0. The van der Waals surface area contributed by atoms with Gasteiger partial charge in [-0.25, -0.2) is 4.79 Å². The first kappa shape index (κ1) is 20.2. The lowest BCUT2D eigenvalue weighted by Gasteiger charge is -2.48. The first-order chi connectivity index (χ1) is 14.6. The molecule has 6 heteroatoms. The number of carbonyl (C=O) groups is 1. The molecule has 0 radical (unpaired) electrons. The molecule has 0 amide bonds. The molecule has 5 unspecified atom stereocenters. The number of rotatable bonds is 5. The second kappa shape index (κ2) is 6.39. The second-order valence-electron chi connectivity index (χ2n) is 9.90. The van der Waals surface area contributed by atoms with E-state index < -0.39 is 12.1 Å². The smallest absolute Gasteiger partial charge is 0.339 e. The van der Waals surface area contributed by atoms with Crippen LogP contribution in [0, 0.1) is 11.3 Å². The van der Waals surface area contributed by atoms with Crippen molar-refractivity contribution in [1.82, 2.24) is 0 Å². The van der Waals surface area contributed by atoms with Crippen LogP contribution < -0.4 is 9.47 Å². The van der Waals surface area contributed by atoms with Crippen LogP contribution in [-0.4, -0.2) is 33.5 Å². The van der Waals surface area contributed by atoms with Crippen LogP contribution in [-0.2, 0) is 5.41 Å². The molecular weight excluding hydrogens is 396 g/mol. The molecule has 2 aliphatic carbocycles. The van der Waals surface area contributed by atoms with Gasteiger partial charge in [-0.15, -0.1) is 0 Å². The number of hydrogen-bond acceptors (Lipinski definition) is 5. The Labute approximate surface area is 181 Å². The molecule has 0 saturated heterocycles. The molecule has 6 nitrogen and oxygen atoms in total. The zero-order chi connectivity index (χ0) is 22.2. The van der Waals surface area contributed by atoms with E-state index in [1.807, 2.05) is 12.1 Å². The minimum atomic E-state index is -1.21. The quantitative estimate of drug-likeness (QED) is 0.657. The van der Waals surface area contributed by atoms with Gasteiger partial charge in [0.25, 0.3) is 0 Å². The third kappa shape index (κ3) is 2.57. The molecule has 0 aromatic heterocycles. The predicted octanol–water partition coefficient (Wildman–Crippen LogP) is 4.43. The van der Waals surface area contributed by atoms with Gasteiger partial charge in [0.2, 0.25) is 0 Å². The molecule has 164 valence electrons. The lowest BCUT2D eigenvalue weighted by atomic mass is 9.56. The predicted molar refractivity (Wildman–Crippen MR) is 114 cm³/mol. The number of aromatic carboxylic acids is 1. The van der Waals surface area contributed by atoms with Crippen molar-refractivity contribution in [3.8, 4) is 17.2 Å². The molecule has 3 N–H and O–H groups in total. The standard InChI is InChI=1S/C25H28O6/c1-23-9-8-15(12-23)25(3)24(23,2)18-10-14(4-7-21(18)31-25)20(27)13-30-16-5-6-17(22(28)29)19(26)11-16/h4-7,10-11,15,20,26-27H,8-9,12-13H2,1-3H3,(H,28,29). The molecule has 1 heterocycles. The van der Waals surface area contributed by atoms with Gasteiger partial charge in [0, 0.05) is 17.0 Å². The van der Waals surface area contributed by atoms with Crippen molar-refractivity contribution < 1.29 is 29.6 Å². The lowest BCUT2D eigenvalue weighted by molar-refractivity contribution is -0.0260. The Bertz CT molecular complexity index is 1080. The van der Waals surface area contributed by atoms with Crippen LogP contribution in [0.15, 0.2) is 36.4 Å². The Kier molecular flexibility index (Phi) is 4.16. The number of fused-ring (bicyclic) bond motifs is 7. The molecule has 3 aliphatic rings. The number of carboxylic acid groups (broad SMARTS) is 1. The highest BCUT2D eigenvalue weighted by Crippen LogP contribution is 2.73. The van der Waals surface area contributed by atoms with Gasteiger partial charge >= 0.3 is 5.97 Å². The fourth-order valence-corrected chi connectivity index (χ4v) is 6.47. The van der Waals surface area contributed by atoms with Gasteiger partial charge in [-0.05, 0) is 67.3 Å². The second-order valence-corrected chi connectivity index (χ2v) is 9.90. The summed E-state index contributed by atoms with van der Waals surface area (Å²) in [6.07, 6.45) is 2.70. The Morgan fingerprint density at radius 2 is 2.00 bits per heavy atom. The fourth-order valence-electron chi connectivity index (χ4n) is 6.47. The number of aromatic hydroxyl groups is 1.